The molecule has 0 saturated carbocycles. The van der Waals surface area contributed by atoms with Gasteiger partial charge >= 0.3 is 6.03 Å². The van der Waals surface area contributed by atoms with Crippen LogP contribution in [-0.4, -0.2) is 32.2 Å². The van der Waals surface area contributed by atoms with E-state index in [0.29, 0.717) is 11.7 Å². The highest BCUT2D eigenvalue weighted by atomic mass is 32.1. The summed E-state index contributed by atoms with van der Waals surface area (Å²) in [6.45, 7) is 5.43. The SMILES string of the molecule is Cc1nnc(NC(=O)N2CCn3cccc3[C@H]2C)s1. The van der Waals surface area contributed by atoms with Gasteiger partial charge in [-0.2, -0.15) is 0 Å². The molecule has 0 bridgehead atoms. The van der Waals surface area contributed by atoms with Crippen LogP contribution in [0.2, 0.25) is 0 Å². The number of carbonyl (C=O) groups is 1. The summed E-state index contributed by atoms with van der Waals surface area (Å²) in [6, 6.07) is 4.02. The van der Waals surface area contributed by atoms with Gasteiger partial charge in [-0.1, -0.05) is 11.3 Å². The molecule has 0 aromatic carbocycles. The Kier molecular flexibility index (Phi) is 2.98. The third-order valence-electron chi connectivity index (χ3n) is 3.34. The molecule has 2 aromatic rings. The molecule has 100 valence electrons. The van der Waals surface area contributed by atoms with Crippen LogP contribution in [-0.2, 0) is 6.54 Å². The van der Waals surface area contributed by atoms with E-state index in [9.17, 15) is 4.79 Å². The lowest BCUT2D eigenvalue weighted by Gasteiger charge is -2.34. The average Bonchev–Trinajstić information content (AvgIpc) is 2.99. The lowest BCUT2D eigenvalue weighted by atomic mass is 10.1. The first kappa shape index (κ1) is 12.2. The Bertz CT molecular complexity index is 605. The van der Waals surface area contributed by atoms with Crippen molar-refractivity contribution in [3.63, 3.8) is 0 Å². The Balaban J connectivity index is 1.74. The minimum Gasteiger partial charge on any atom is -0.348 e. The summed E-state index contributed by atoms with van der Waals surface area (Å²) >= 11 is 1.38. The van der Waals surface area contributed by atoms with Crippen molar-refractivity contribution in [2.45, 2.75) is 26.4 Å². The van der Waals surface area contributed by atoms with Crippen molar-refractivity contribution in [3.05, 3.63) is 29.0 Å². The predicted molar refractivity (Wildman–Crippen MR) is 73.2 cm³/mol. The van der Waals surface area contributed by atoms with Gasteiger partial charge in [0, 0.05) is 25.0 Å². The summed E-state index contributed by atoms with van der Waals surface area (Å²) in [7, 11) is 0. The Morgan fingerprint density at radius 3 is 3.05 bits per heavy atom. The zero-order chi connectivity index (χ0) is 13.4. The average molecular weight is 277 g/mol. The summed E-state index contributed by atoms with van der Waals surface area (Å²) in [5, 5.41) is 12.0. The molecule has 7 heteroatoms. The first-order chi connectivity index (χ1) is 9.15. The molecule has 2 aromatic heterocycles. The Morgan fingerprint density at radius 1 is 1.47 bits per heavy atom. The lowest BCUT2D eigenvalue weighted by molar-refractivity contribution is 0.175. The van der Waals surface area contributed by atoms with E-state index in [2.05, 4.69) is 32.3 Å². The fourth-order valence-electron chi connectivity index (χ4n) is 2.37. The van der Waals surface area contributed by atoms with E-state index in [-0.39, 0.29) is 12.1 Å². The quantitative estimate of drug-likeness (QED) is 0.869. The number of amides is 2. The molecule has 1 atom stereocenters. The van der Waals surface area contributed by atoms with E-state index in [0.717, 1.165) is 17.2 Å². The van der Waals surface area contributed by atoms with Crippen LogP contribution in [0.3, 0.4) is 0 Å². The summed E-state index contributed by atoms with van der Waals surface area (Å²) in [6.07, 6.45) is 2.05. The standard InChI is InChI=1S/C12H15N5OS/c1-8-10-4-3-5-16(10)6-7-17(8)12(18)13-11-15-14-9(2)19-11/h3-5,8H,6-7H2,1-2H3,(H,13,15,18)/t8-/m1/s1. The summed E-state index contributed by atoms with van der Waals surface area (Å²) in [4.78, 5) is 14.1. The van der Waals surface area contributed by atoms with Crippen LogP contribution in [0.4, 0.5) is 9.93 Å². The van der Waals surface area contributed by atoms with Gasteiger partial charge < -0.3 is 9.47 Å². The molecule has 1 aliphatic heterocycles. The number of anilines is 1. The molecule has 0 saturated heterocycles. The molecule has 0 fully saturated rings. The van der Waals surface area contributed by atoms with Crippen LogP contribution in [0.1, 0.15) is 23.7 Å². The zero-order valence-electron chi connectivity index (χ0n) is 10.8. The minimum absolute atomic E-state index is 0.0674. The summed E-state index contributed by atoms with van der Waals surface area (Å²) in [5.74, 6) is 0. The van der Waals surface area contributed by atoms with Crippen LogP contribution < -0.4 is 5.32 Å². The molecule has 1 N–H and O–H groups in total. The van der Waals surface area contributed by atoms with Crippen molar-refractivity contribution < 1.29 is 4.79 Å². The van der Waals surface area contributed by atoms with Crippen LogP contribution >= 0.6 is 11.3 Å². The molecule has 3 rings (SSSR count). The molecule has 2 amide bonds. The maximum Gasteiger partial charge on any atom is 0.324 e. The maximum atomic E-state index is 12.3. The molecule has 1 aliphatic rings. The number of hydrogen-bond donors (Lipinski definition) is 1. The van der Waals surface area contributed by atoms with E-state index in [4.69, 9.17) is 0 Å². The number of urea groups is 1. The van der Waals surface area contributed by atoms with Gasteiger partial charge in [0.1, 0.15) is 5.01 Å². The number of fused-ring (bicyclic) bond motifs is 1. The van der Waals surface area contributed by atoms with Crippen molar-refractivity contribution >= 4 is 22.5 Å². The summed E-state index contributed by atoms with van der Waals surface area (Å²) < 4.78 is 2.18. The second-order valence-electron chi connectivity index (χ2n) is 4.55. The number of aromatic nitrogens is 3. The second kappa shape index (κ2) is 4.65. The van der Waals surface area contributed by atoms with Crippen molar-refractivity contribution in [1.82, 2.24) is 19.7 Å². The number of aryl methyl sites for hydroxylation is 1. The van der Waals surface area contributed by atoms with Crippen molar-refractivity contribution in [1.29, 1.82) is 0 Å². The van der Waals surface area contributed by atoms with E-state index in [1.165, 1.54) is 11.3 Å². The van der Waals surface area contributed by atoms with Gasteiger partial charge in [0.25, 0.3) is 0 Å². The number of rotatable bonds is 1. The third-order valence-corrected chi connectivity index (χ3v) is 4.10. The molecule has 0 unspecified atom stereocenters. The van der Waals surface area contributed by atoms with E-state index < -0.39 is 0 Å². The largest absolute Gasteiger partial charge is 0.348 e. The minimum atomic E-state index is -0.115. The molecule has 6 nitrogen and oxygen atoms in total. The molecule has 0 radical (unpaired) electrons. The number of nitrogens with one attached hydrogen (secondary N) is 1. The molecule has 0 spiro atoms. The van der Waals surface area contributed by atoms with Crippen LogP contribution in [0.25, 0.3) is 0 Å². The van der Waals surface area contributed by atoms with Gasteiger partial charge in [-0.05, 0) is 26.0 Å². The van der Waals surface area contributed by atoms with Gasteiger partial charge in [-0.3, -0.25) is 5.32 Å². The number of nitrogens with zero attached hydrogens (tertiary/aromatic N) is 4. The smallest absolute Gasteiger partial charge is 0.324 e. The second-order valence-corrected chi connectivity index (χ2v) is 5.73. The third kappa shape index (κ3) is 2.21. The van der Waals surface area contributed by atoms with Gasteiger partial charge in [0.15, 0.2) is 0 Å². The Hall–Kier alpha value is -1.89. The fraction of sp³-hybridized carbons (Fsp3) is 0.417. The lowest BCUT2D eigenvalue weighted by Crippen LogP contribution is -2.42. The number of hydrogen-bond acceptors (Lipinski definition) is 4. The van der Waals surface area contributed by atoms with Crippen molar-refractivity contribution in [2.75, 3.05) is 11.9 Å². The molecular formula is C12H15N5OS. The van der Waals surface area contributed by atoms with Gasteiger partial charge in [-0.25, -0.2) is 4.79 Å². The van der Waals surface area contributed by atoms with Crippen molar-refractivity contribution in [3.8, 4) is 0 Å². The molecule has 3 heterocycles. The van der Waals surface area contributed by atoms with Crippen LogP contribution in [0.15, 0.2) is 18.3 Å². The highest BCUT2D eigenvalue weighted by molar-refractivity contribution is 7.15. The van der Waals surface area contributed by atoms with E-state index in [1.807, 2.05) is 24.8 Å². The number of carbonyl (C=O) groups excluding carboxylic acids is 1. The molecule has 19 heavy (non-hydrogen) atoms. The van der Waals surface area contributed by atoms with Gasteiger partial charge in [0.05, 0.1) is 6.04 Å². The first-order valence-electron chi connectivity index (χ1n) is 6.18. The summed E-state index contributed by atoms with van der Waals surface area (Å²) in [5.41, 5.74) is 1.16. The monoisotopic (exact) mass is 277 g/mol. The fourth-order valence-corrected chi connectivity index (χ4v) is 2.95. The van der Waals surface area contributed by atoms with Gasteiger partial charge in [0.2, 0.25) is 5.13 Å². The van der Waals surface area contributed by atoms with Crippen LogP contribution in [0, 0.1) is 6.92 Å². The Morgan fingerprint density at radius 2 is 2.32 bits per heavy atom. The highest BCUT2D eigenvalue weighted by Crippen LogP contribution is 2.26. The maximum absolute atomic E-state index is 12.3. The Labute approximate surface area is 115 Å². The highest BCUT2D eigenvalue weighted by Gasteiger charge is 2.27. The van der Waals surface area contributed by atoms with E-state index >= 15 is 0 Å². The predicted octanol–water partition coefficient (Wildman–Crippen LogP) is 2.26. The normalized spacial score (nSPS) is 18.2. The van der Waals surface area contributed by atoms with Crippen LogP contribution in [0.5, 0.6) is 0 Å². The van der Waals surface area contributed by atoms with Crippen molar-refractivity contribution in [2.24, 2.45) is 0 Å². The topological polar surface area (TPSA) is 63.1 Å². The molecular weight excluding hydrogens is 262 g/mol. The first-order valence-corrected chi connectivity index (χ1v) is 6.99. The van der Waals surface area contributed by atoms with Gasteiger partial charge in [-0.15, -0.1) is 10.2 Å². The zero-order valence-corrected chi connectivity index (χ0v) is 11.6. The van der Waals surface area contributed by atoms with E-state index in [1.54, 1.807) is 0 Å². The molecule has 0 aliphatic carbocycles.